The third-order valence-corrected chi connectivity index (χ3v) is 4.58. The standard InChI is InChI=1S/C22H14ClF4N3O2/c1-12-8-16(5-2-13(12)11-28)32-20-10-15(3-6-18(20)23)30-21(31)29-14-4-7-19(24)17(9-14)22(25,26)27/h2-10H,1H3,(H2,29,30,31). The Kier molecular flexibility index (Phi) is 6.55. The maximum Gasteiger partial charge on any atom is 0.419 e. The summed E-state index contributed by atoms with van der Waals surface area (Å²) in [4.78, 5) is 12.2. The minimum absolute atomic E-state index is 0.203. The van der Waals surface area contributed by atoms with Crippen LogP contribution in [0.2, 0.25) is 5.02 Å². The number of nitrogens with one attached hydrogen (secondary N) is 2. The number of halogens is 5. The van der Waals surface area contributed by atoms with E-state index in [0.29, 0.717) is 29.0 Å². The van der Waals surface area contributed by atoms with E-state index in [4.69, 9.17) is 21.6 Å². The minimum Gasteiger partial charge on any atom is -0.456 e. The molecule has 0 aliphatic heterocycles. The van der Waals surface area contributed by atoms with Gasteiger partial charge in [-0.2, -0.15) is 18.4 Å². The van der Waals surface area contributed by atoms with Crippen molar-refractivity contribution in [1.82, 2.24) is 0 Å². The number of nitrogens with zero attached hydrogens (tertiary/aromatic N) is 1. The lowest BCUT2D eigenvalue weighted by Gasteiger charge is -2.13. The fraction of sp³-hybridized carbons (Fsp3) is 0.0909. The summed E-state index contributed by atoms with van der Waals surface area (Å²) < 4.78 is 57.6. The monoisotopic (exact) mass is 463 g/mol. The molecule has 0 atom stereocenters. The van der Waals surface area contributed by atoms with Gasteiger partial charge in [0.15, 0.2) is 0 Å². The Morgan fingerprint density at radius 1 is 1.03 bits per heavy atom. The fourth-order valence-electron chi connectivity index (χ4n) is 2.73. The first-order valence-electron chi connectivity index (χ1n) is 8.99. The van der Waals surface area contributed by atoms with Crippen LogP contribution in [0.1, 0.15) is 16.7 Å². The van der Waals surface area contributed by atoms with E-state index in [9.17, 15) is 22.4 Å². The number of amides is 2. The maximum atomic E-state index is 13.4. The Morgan fingerprint density at radius 3 is 2.31 bits per heavy atom. The number of alkyl halides is 3. The molecule has 0 radical (unpaired) electrons. The maximum absolute atomic E-state index is 13.4. The number of ether oxygens (including phenoxy) is 1. The van der Waals surface area contributed by atoms with Crippen molar-refractivity contribution >= 4 is 29.0 Å². The van der Waals surface area contributed by atoms with Gasteiger partial charge < -0.3 is 15.4 Å². The fourth-order valence-corrected chi connectivity index (χ4v) is 2.88. The topological polar surface area (TPSA) is 74.2 Å². The molecule has 3 rings (SSSR count). The molecule has 2 N–H and O–H groups in total. The summed E-state index contributed by atoms with van der Waals surface area (Å²) in [5.74, 6) is -0.827. The van der Waals surface area contributed by atoms with Crippen LogP contribution in [-0.4, -0.2) is 6.03 Å². The normalized spacial score (nSPS) is 10.9. The molecule has 0 aliphatic rings. The summed E-state index contributed by atoms with van der Waals surface area (Å²) in [7, 11) is 0. The summed E-state index contributed by atoms with van der Waals surface area (Å²) in [5.41, 5.74) is -0.298. The zero-order chi connectivity index (χ0) is 23.5. The van der Waals surface area contributed by atoms with Crippen molar-refractivity contribution in [2.24, 2.45) is 0 Å². The number of hydrogen-bond donors (Lipinski definition) is 2. The smallest absolute Gasteiger partial charge is 0.419 e. The summed E-state index contributed by atoms with van der Waals surface area (Å²) in [6.45, 7) is 1.75. The molecule has 0 aromatic heterocycles. The summed E-state index contributed by atoms with van der Waals surface area (Å²) in [6, 6.07) is 12.5. The lowest BCUT2D eigenvalue weighted by atomic mass is 10.1. The number of nitriles is 1. The van der Waals surface area contributed by atoms with Gasteiger partial charge in [0.05, 0.1) is 22.2 Å². The van der Waals surface area contributed by atoms with Crippen molar-refractivity contribution in [1.29, 1.82) is 5.26 Å². The van der Waals surface area contributed by atoms with Crippen LogP contribution in [0.15, 0.2) is 54.6 Å². The lowest BCUT2D eigenvalue weighted by Crippen LogP contribution is -2.20. The van der Waals surface area contributed by atoms with E-state index in [-0.39, 0.29) is 22.1 Å². The molecule has 0 saturated heterocycles. The zero-order valence-electron chi connectivity index (χ0n) is 16.3. The Labute approximate surface area is 185 Å². The van der Waals surface area contributed by atoms with Gasteiger partial charge in [0, 0.05) is 17.4 Å². The average molecular weight is 464 g/mol. The van der Waals surface area contributed by atoms with Gasteiger partial charge in [-0.25, -0.2) is 9.18 Å². The molecule has 0 aliphatic carbocycles. The molecule has 3 aromatic carbocycles. The molecule has 0 heterocycles. The van der Waals surface area contributed by atoms with Crippen LogP contribution >= 0.6 is 11.6 Å². The van der Waals surface area contributed by atoms with E-state index in [2.05, 4.69) is 10.6 Å². The molecule has 2 amide bonds. The summed E-state index contributed by atoms with van der Waals surface area (Å²) in [6.07, 6.45) is -4.90. The third-order valence-electron chi connectivity index (χ3n) is 4.26. The van der Waals surface area contributed by atoms with Crippen molar-refractivity contribution < 1.29 is 27.1 Å². The van der Waals surface area contributed by atoms with Crippen LogP contribution < -0.4 is 15.4 Å². The minimum atomic E-state index is -4.90. The van der Waals surface area contributed by atoms with Crippen LogP contribution in [0.3, 0.4) is 0 Å². The van der Waals surface area contributed by atoms with Crippen LogP contribution in [0.25, 0.3) is 0 Å². The molecule has 5 nitrogen and oxygen atoms in total. The number of hydrogen-bond acceptors (Lipinski definition) is 3. The van der Waals surface area contributed by atoms with Gasteiger partial charge in [0.2, 0.25) is 0 Å². The quantitative estimate of drug-likeness (QED) is 0.405. The van der Waals surface area contributed by atoms with Gasteiger partial charge in [0.1, 0.15) is 17.3 Å². The highest BCUT2D eigenvalue weighted by molar-refractivity contribution is 6.32. The van der Waals surface area contributed by atoms with Crippen molar-refractivity contribution in [3.63, 3.8) is 0 Å². The van der Waals surface area contributed by atoms with E-state index >= 15 is 0 Å². The van der Waals surface area contributed by atoms with Gasteiger partial charge in [-0.3, -0.25) is 0 Å². The predicted molar refractivity (Wildman–Crippen MR) is 111 cm³/mol. The lowest BCUT2D eigenvalue weighted by molar-refractivity contribution is -0.139. The summed E-state index contributed by atoms with van der Waals surface area (Å²) in [5, 5.41) is 13.9. The molecular weight excluding hydrogens is 450 g/mol. The second kappa shape index (κ2) is 9.16. The van der Waals surface area contributed by atoms with E-state index < -0.39 is 23.6 Å². The van der Waals surface area contributed by atoms with E-state index in [0.717, 1.165) is 6.07 Å². The van der Waals surface area contributed by atoms with Gasteiger partial charge in [-0.05, 0) is 61.0 Å². The van der Waals surface area contributed by atoms with Crippen LogP contribution in [0, 0.1) is 24.1 Å². The molecule has 0 bridgehead atoms. The third kappa shape index (κ3) is 5.47. The number of urea groups is 1. The van der Waals surface area contributed by atoms with Gasteiger partial charge in [0.25, 0.3) is 0 Å². The Bertz CT molecular complexity index is 1220. The largest absolute Gasteiger partial charge is 0.456 e. The first kappa shape index (κ1) is 22.9. The number of benzene rings is 3. The number of rotatable bonds is 4. The Hall–Kier alpha value is -3.77. The Balaban J connectivity index is 1.74. The SMILES string of the molecule is Cc1cc(Oc2cc(NC(=O)Nc3ccc(F)c(C(F)(F)F)c3)ccc2Cl)ccc1C#N. The van der Waals surface area contributed by atoms with Crippen LogP contribution in [0.4, 0.5) is 33.7 Å². The Morgan fingerprint density at radius 2 is 1.69 bits per heavy atom. The predicted octanol–water partition coefficient (Wildman–Crippen LogP) is 7.11. The average Bonchev–Trinajstić information content (AvgIpc) is 2.71. The molecule has 0 unspecified atom stereocenters. The highest BCUT2D eigenvalue weighted by Gasteiger charge is 2.34. The van der Waals surface area contributed by atoms with Crippen molar-refractivity contribution in [2.75, 3.05) is 10.6 Å². The highest BCUT2D eigenvalue weighted by atomic mass is 35.5. The molecule has 32 heavy (non-hydrogen) atoms. The number of carbonyl (C=O) groups excluding carboxylic acids is 1. The number of aryl methyl sites for hydroxylation is 1. The van der Waals surface area contributed by atoms with Crippen LogP contribution in [0.5, 0.6) is 11.5 Å². The first-order chi connectivity index (χ1) is 15.1. The van der Waals surface area contributed by atoms with Gasteiger partial charge >= 0.3 is 12.2 Å². The van der Waals surface area contributed by atoms with Crippen molar-refractivity contribution in [2.45, 2.75) is 13.1 Å². The van der Waals surface area contributed by atoms with Gasteiger partial charge in [-0.1, -0.05) is 11.6 Å². The van der Waals surface area contributed by atoms with Crippen LogP contribution in [-0.2, 0) is 6.18 Å². The molecule has 0 fully saturated rings. The summed E-state index contributed by atoms with van der Waals surface area (Å²) >= 11 is 6.14. The first-order valence-corrected chi connectivity index (χ1v) is 9.37. The second-order valence-electron chi connectivity index (χ2n) is 6.61. The number of anilines is 2. The van der Waals surface area contributed by atoms with Crippen molar-refractivity contribution in [3.8, 4) is 17.6 Å². The second-order valence-corrected chi connectivity index (χ2v) is 7.01. The molecule has 3 aromatic rings. The van der Waals surface area contributed by atoms with E-state index in [1.165, 1.54) is 18.2 Å². The molecule has 10 heteroatoms. The highest BCUT2D eigenvalue weighted by Crippen LogP contribution is 2.34. The van der Waals surface area contributed by atoms with Crippen molar-refractivity contribution in [3.05, 3.63) is 82.1 Å². The molecule has 0 saturated carbocycles. The molecule has 164 valence electrons. The van der Waals surface area contributed by atoms with E-state index in [1.807, 2.05) is 6.07 Å². The zero-order valence-corrected chi connectivity index (χ0v) is 17.1. The molecule has 0 spiro atoms. The van der Waals surface area contributed by atoms with E-state index in [1.54, 1.807) is 25.1 Å². The number of carbonyl (C=O) groups is 1. The molecular formula is C22H14ClF4N3O2. The van der Waals surface area contributed by atoms with Gasteiger partial charge in [-0.15, -0.1) is 0 Å².